The molecule has 0 bridgehead atoms. The van der Waals surface area contributed by atoms with Gasteiger partial charge in [-0.15, -0.1) is 0 Å². The van der Waals surface area contributed by atoms with Gasteiger partial charge in [0.2, 0.25) is 0 Å². The quantitative estimate of drug-likeness (QED) is 0.500. The topological polar surface area (TPSA) is 41.8 Å². The molecule has 0 aliphatic heterocycles. The van der Waals surface area contributed by atoms with Crippen LogP contribution in [-0.4, -0.2) is 10.9 Å². The minimum absolute atomic E-state index is 0.374. The normalized spacial score (nSPS) is 11.4. The SMILES string of the molecule is CC/C(=N\O)c1ccccc1OCc1ccccc1Cl. The van der Waals surface area contributed by atoms with Crippen LogP contribution < -0.4 is 4.74 Å². The molecule has 0 atom stereocenters. The first-order valence-corrected chi connectivity index (χ1v) is 6.80. The third-order valence-electron chi connectivity index (χ3n) is 2.99. The van der Waals surface area contributed by atoms with Gasteiger partial charge in [0.1, 0.15) is 12.4 Å². The highest BCUT2D eigenvalue weighted by Crippen LogP contribution is 2.23. The van der Waals surface area contributed by atoms with Crippen LogP contribution in [0.4, 0.5) is 0 Å². The zero-order valence-electron chi connectivity index (χ0n) is 11.2. The summed E-state index contributed by atoms with van der Waals surface area (Å²) in [5, 5.41) is 13.0. The van der Waals surface area contributed by atoms with Crippen LogP contribution in [0.2, 0.25) is 5.02 Å². The van der Waals surface area contributed by atoms with Crippen LogP contribution in [0.25, 0.3) is 0 Å². The molecule has 2 aromatic carbocycles. The fourth-order valence-corrected chi connectivity index (χ4v) is 2.11. The summed E-state index contributed by atoms with van der Waals surface area (Å²) in [5.74, 6) is 0.682. The maximum atomic E-state index is 9.04. The largest absolute Gasteiger partial charge is 0.488 e. The minimum Gasteiger partial charge on any atom is -0.488 e. The lowest BCUT2D eigenvalue weighted by molar-refractivity contribution is 0.303. The monoisotopic (exact) mass is 289 g/mol. The third kappa shape index (κ3) is 3.31. The van der Waals surface area contributed by atoms with Gasteiger partial charge in [-0.05, 0) is 24.6 Å². The van der Waals surface area contributed by atoms with Crippen molar-refractivity contribution in [3.63, 3.8) is 0 Å². The molecule has 0 saturated heterocycles. The maximum Gasteiger partial charge on any atom is 0.128 e. The summed E-state index contributed by atoms with van der Waals surface area (Å²) in [7, 11) is 0. The molecule has 0 radical (unpaired) electrons. The highest BCUT2D eigenvalue weighted by molar-refractivity contribution is 6.31. The van der Waals surface area contributed by atoms with Crippen LogP contribution in [0.3, 0.4) is 0 Å². The molecule has 1 N–H and O–H groups in total. The molecule has 0 unspecified atom stereocenters. The molecule has 0 aromatic heterocycles. The molecule has 0 heterocycles. The summed E-state index contributed by atoms with van der Waals surface area (Å²) >= 11 is 6.10. The van der Waals surface area contributed by atoms with Crippen LogP contribution in [-0.2, 0) is 6.61 Å². The summed E-state index contributed by atoms with van der Waals surface area (Å²) < 4.78 is 5.81. The molecule has 2 aromatic rings. The zero-order valence-corrected chi connectivity index (χ0v) is 12.0. The molecule has 0 spiro atoms. The Morgan fingerprint density at radius 2 is 1.85 bits per heavy atom. The number of hydrogen-bond acceptors (Lipinski definition) is 3. The lowest BCUT2D eigenvalue weighted by Gasteiger charge is -2.12. The summed E-state index contributed by atoms with van der Waals surface area (Å²) in [6.45, 7) is 2.30. The molecule has 0 saturated carbocycles. The molecule has 104 valence electrons. The Balaban J connectivity index is 2.20. The van der Waals surface area contributed by atoms with E-state index in [1.165, 1.54) is 0 Å². The van der Waals surface area contributed by atoms with Crippen LogP contribution in [0.5, 0.6) is 5.75 Å². The van der Waals surface area contributed by atoms with Gasteiger partial charge >= 0.3 is 0 Å². The lowest BCUT2D eigenvalue weighted by Crippen LogP contribution is -2.04. The van der Waals surface area contributed by atoms with Gasteiger partial charge in [0.15, 0.2) is 0 Å². The molecule has 3 nitrogen and oxygen atoms in total. The van der Waals surface area contributed by atoms with Crippen molar-refractivity contribution in [1.29, 1.82) is 0 Å². The predicted molar refractivity (Wildman–Crippen MR) is 80.8 cm³/mol. The van der Waals surface area contributed by atoms with E-state index in [-0.39, 0.29) is 0 Å². The number of para-hydroxylation sites is 1. The molecule has 4 heteroatoms. The Labute approximate surface area is 123 Å². The molecule has 20 heavy (non-hydrogen) atoms. The van der Waals surface area contributed by atoms with Crippen molar-refractivity contribution in [3.05, 3.63) is 64.7 Å². The zero-order chi connectivity index (χ0) is 14.4. The Bertz CT molecular complexity index is 611. The van der Waals surface area contributed by atoms with Gasteiger partial charge in [-0.25, -0.2) is 0 Å². The van der Waals surface area contributed by atoms with Crippen LogP contribution in [0.1, 0.15) is 24.5 Å². The molecule has 0 amide bonds. The van der Waals surface area contributed by atoms with Gasteiger partial charge in [0.05, 0.1) is 5.71 Å². The number of ether oxygens (including phenoxy) is 1. The Hall–Kier alpha value is -2.00. The van der Waals surface area contributed by atoms with E-state index in [1.807, 2.05) is 55.5 Å². The first kappa shape index (κ1) is 14.4. The van der Waals surface area contributed by atoms with Crippen molar-refractivity contribution in [2.45, 2.75) is 20.0 Å². The molecule has 0 aliphatic rings. The van der Waals surface area contributed by atoms with Crippen molar-refractivity contribution in [2.75, 3.05) is 0 Å². The third-order valence-corrected chi connectivity index (χ3v) is 3.36. The molecule has 0 fully saturated rings. The van der Waals surface area contributed by atoms with Gasteiger partial charge in [0.25, 0.3) is 0 Å². The highest BCUT2D eigenvalue weighted by Gasteiger charge is 2.09. The maximum absolute atomic E-state index is 9.04. The number of nitrogens with zero attached hydrogens (tertiary/aromatic N) is 1. The smallest absolute Gasteiger partial charge is 0.128 e. The predicted octanol–water partition coefficient (Wildman–Crippen LogP) is 4.51. The fraction of sp³-hybridized carbons (Fsp3) is 0.188. The number of benzene rings is 2. The number of hydrogen-bond donors (Lipinski definition) is 1. The van der Waals surface area contributed by atoms with Crippen LogP contribution in [0.15, 0.2) is 53.7 Å². The van der Waals surface area contributed by atoms with Crippen LogP contribution in [0, 0.1) is 0 Å². The standard InChI is InChI=1S/C16H16ClNO2/c1-2-15(18-19)13-8-4-6-10-16(13)20-11-12-7-3-5-9-14(12)17/h3-10,19H,2,11H2,1H3/b18-15+. The lowest BCUT2D eigenvalue weighted by atomic mass is 10.1. The van der Waals surface area contributed by atoms with Crippen molar-refractivity contribution in [3.8, 4) is 5.75 Å². The molecular weight excluding hydrogens is 274 g/mol. The van der Waals surface area contributed by atoms with E-state index in [9.17, 15) is 0 Å². The van der Waals surface area contributed by atoms with Crippen molar-refractivity contribution < 1.29 is 9.94 Å². The number of oxime groups is 1. The second-order valence-corrected chi connectivity index (χ2v) is 4.68. The highest BCUT2D eigenvalue weighted by atomic mass is 35.5. The van der Waals surface area contributed by atoms with E-state index in [0.717, 1.165) is 11.1 Å². The fourth-order valence-electron chi connectivity index (χ4n) is 1.92. The Morgan fingerprint density at radius 3 is 2.55 bits per heavy atom. The van der Waals surface area contributed by atoms with E-state index in [4.69, 9.17) is 21.5 Å². The molecular formula is C16H16ClNO2. The second kappa shape index (κ2) is 6.96. The first-order valence-electron chi connectivity index (χ1n) is 6.42. The van der Waals surface area contributed by atoms with Gasteiger partial charge in [-0.2, -0.15) is 0 Å². The average molecular weight is 290 g/mol. The summed E-state index contributed by atoms with van der Waals surface area (Å²) in [6, 6.07) is 15.1. The molecule has 2 rings (SSSR count). The first-order chi connectivity index (χ1) is 9.76. The Kier molecular flexibility index (Phi) is 5.02. The average Bonchev–Trinajstić information content (AvgIpc) is 2.49. The number of halogens is 1. The number of rotatable bonds is 5. The van der Waals surface area contributed by atoms with Gasteiger partial charge in [-0.3, -0.25) is 0 Å². The van der Waals surface area contributed by atoms with Crippen molar-refractivity contribution in [1.82, 2.24) is 0 Å². The summed E-state index contributed by atoms with van der Waals surface area (Å²) in [6.07, 6.45) is 0.628. The van der Waals surface area contributed by atoms with Crippen molar-refractivity contribution >= 4 is 17.3 Å². The van der Waals surface area contributed by atoms with Gasteiger partial charge in [0, 0.05) is 16.1 Å². The second-order valence-electron chi connectivity index (χ2n) is 4.28. The Morgan fingerprint density at radius 1 is 1.15 bits per heavy atom. The van der Waals surface area contributed by atoms with Crippen molar-refractivity contribution in [2.24, 2.45) is 5.16 Å². The summed E-state index contributed by atoms with van der Waals surface area (Å²) in [4.78, 5) is 0. The van der Waals surface area contributed by atoms with E-state index in [1.54, 1.807) is 0 Å². The van der Waals surface area contributed by atoms with E-state index in [0.29, 0.717) is 29.5 Å². The molecule has 0 aliphatic carbocycles. The van der Waals surface area contributed by atoms with Gasteiger partial charge < -0.3 is 9.94 Å². The van der Waals surface area contributed by atoms with E-state index >= 15 is 0 Å². The summed E-state index contributed by atoms with van der Waals surface area (Å²) in [5.41, 5.74) is 2.31. The van der Waals surface area contributed by atoms with Crippen LogP contribution >= 0.6 is 11.6 Å². The van der Waals surface area contributed by atoms with Gasteiger partial charge in [-0.1, -0.05) is 54.0 Å². The van der Waals surface area contributed by atoms with E-state index < -0.39 is 0 Å². The van der Waals surface area contributed by atoms with E-state index in [2.05, 4.69) is 5.16 Å². The minimum atomic E-state index is 0.374.